The molecule has 0 saturated heterocycles. The van der Waals surface area contributed by atoms with Crippen molar-refractivity contribution in [2.24, 2.45) is 0 Å². The van der Waals surface area contributed by atoms with Crippen molar-refractivity contribution in [3.63, 3.8) is 0 Å². The monoisotopic (exact) mass is 313 g/mol. The zero-order chi connectivity index (χ0) is 13.0. The van der Waals surface area contributed by atoms with Crippen molar-refractivity contribution in [1.82, 2.24) is 5.32 Å². The first-order valence-electron chi connectivity index (χ1n) is 6.36. The lowest BCUT2D eigenvalue weighted by Gasteiger charge is -2.13. The predicted octanol–water partition coefficient (Wildman–Crippen LogP) is 3.11. The standard InChI is InChI=1S/C14H20BrNO2/c1-10(17-2)9-18-13-5-6-14(15)11(7-13)8-16-12-3-4-12/h5-7,10,12,16H,3-4,8-9H2,1-2H3. The van der Waals surface area contributed by atoms with Crippen LogP contribution in [0.1, 0.15) is 25.3 Å². The largest absolute Gasteiger partial charge is 0.491 e. The quantitative estimate of drug-likeness (QED) is 0.839. The summed E-state index contributed by atoms with van der Waals surface area (Å²) < 4.78 is 12.0. The van der Waals surface area contributed by atoms with Gasteiger partial charge in [-0.05, 0) is 43.5 Å². The molecule has 0 spiro atoms. The van der Waals surface area contributed by atoms with Crippen LogP contribution < -0.4 is 10.1 Å². The molecule has 1 unspecified atom stereocenters. The average Bonchev–Trinajstić information content (AvgIpc) is 3.19. The van der Waals surface area contributed by atoms with E-state index in [9.17, 15) is 0 Å². The van der Waals surface area contributed by atoms with E-state index in [0.29, 0.717) is 6.61 Å². The van der Waals surface area contributed by atoms with E-state index in [4.69, 9.17) is 9.47 Å². The Balaban J connectivity index is 1.91. The summed E-state index contributed by atoms with van der Waals surface area (Å²) in [6.45, 7) is 3.46. The highest BCUT2D eigenvalue weighted by Crippen LogP contribution is 2.25. The number of methoxy groups -OCH3 is 1. The molecule has 0 aliphatic heterocycles. The van der Waals surface area contributed by atoms with Crippen molar-refractivity contribution in [1.29, 1.82) is 0 Å². The molecule has 0 bridgehead atoms. The molecule has 1 N–H and O–H groups in total. The van der Waals surface area contributed by atoms with Crippen LogP contribution in [0.25, 0.3) is 0 Å². The van der Waals surface area contributed by atoms with Gasteiger partial charge in [-0.2, -0.15) is 0 Å². The Hall–Kier alpha value is -0.580. The predicted molar refractivity (Wildman–Crippen MR) is 76.0 cm³/mol. The van der Waals surface area contributed by atoms with Crippen molar-refractivity contribution < 1.29 is 9.47 Å². The smallest absolute Gasteiger partial charge is 0.119 e. The second-order valence-electron chi connectivity index (χ2n) is 4.77. The molecule has 1 fully saturated rings. The lowest BCUT2D eigenvalue weighted by Crippen LogP contribution is -2.17. The molecular formula is C14H20BrNO2. The maximum Gasteiger partial charge on any atom is 0.119 e. The molecule has 1 atom stereocenters. The summed E-state index contributed by atoms with van der Waals surface area (Å²) >= 11 is 3.57. The zero-order valence-corrected chi connectivity index (χ0v) is 12.5. The van der Waals surface area contributed by atoms with Crippen molar-refractivity contribution in [2.45, 2.75) is 38.5 Å². The Morgan fingerprint density at radius 2 is 2.22 bits per heavy atom. The molecule has 4 heteroatoms. The second kappa shape index (κ2) is 6.55. The fourth-order valence-corrected chi connectivity index (χ4v) is 1.99. The number of benzene rings is 1. The summed E-state index contributed by atoms with van der Waals surface area (Å²) in [5.74, 6) is 0.898. The molecule has 100 valence electrons. The van der Waals surface area contributed by atoms with E-state index in [1.54, 1.807) is 7.11 Å². The van der Waals surface area contributed by atoms with E-state index in [0.717, 1.165) is 22.8 Å². The van der Waals surface area contributed by atoms with Crippen LogP contribution in [0, 0.1) is 0 Å². The van der Waals surface area contributed by atoms with Crippen LogP contribution in [0.2, 0.25) is 0 Å². The van der Waals surface area contributed by atoms with E-state index in [-0.39, 0.29) is 6.10 Å². The Labute approximate surface area is 117 Å². The molecule has 3 nitrogen and oxygen atoms in total. The van der Waals surface area contributed by atoms with Gasteiger partial charge in [0, 0.05) is 24.2 Å². The first kappa shape index (κ1) is 13.8. The average molecular weight is 314 g/mol. The number of ether oxygens (including phenoxy) is 2. The molecular weight excluding hydrogens is 294 g/mol. The minimum atomic E-state index is 0.113. The van der Waals surface area contributed by atoms with Crippen molar-refractivity contribution >= 4 is 15.9 Å². The summed E-state index contributed by atoms with van der Waals surface area (Å²) in [6, 6.07) is 6.82. The zero-order valence-electron chi connectivity index (χ0n) is 10.9. The normalized spacial score (nSPS) is 16.6. The van der Waals surface area contributed by atoms with E-state index in [1.807, 2.05) is 19.1 Å². The number of nitrogens with one attached hydrogen (secondary N) is 1. The maximum atomic E-state index is 5.70. The fourth-order valence-electron chi connectivity index (χ4n) is 1.60. The molecule has 1 aromatic rings. The third kappa shape index (κ3) is 4.26. The highest BCUT2D eigenvalue weighted by molar-refractivity contribution is 9.10. The number of hydrogen-bond acceptors (Lipinski definition) is 3. The van der Waals surface area contributed by atoms with Crippen LogP contribution in [0.5, 0.6) is 5.75 Å². The van der Waals surface area contributed by atoms with Gasteiger partial charge in [0.25, 0.3) is 0 Å². The van der Waals surface area contributed by atoms with Gasteiger partial charge < -0.3 is 14.8 Å². The van der Waals surface area contributed by atoms with Gasteiger partial charge in [0.1, 0.15) is 12.4 Å². The van der Waals surface area contributed by atoms with Gasteiger partial charge in [0.05, 0.1) is 6.10 Å². The van der Waals surface area contributed by atoms with Crippen LogP contribution in [-0.4, -0.2) is 25.9 Å². The summed E-state index contributed by atoms with van der Waals surface area (Å²) in [7, 11) is 1.70. The number of halogens is 1. The van der Waals surface area contributed by atoms with Gasteiger partial charge in [-0.15, -0.1) is 0 Å². The molecule has 1 aliphatic carbocycles. The first-order chi connectivity index (χ1) is 8.69. The SMILES string of the molecule is COC(C)COc1ccc(Br)c(CNC2CC2)c1. The highest BCUT2D eigenvalue weighted by Gasteiger charge is 2.20. The van der Waals surface area contributed by atoms with Crippen LogP contribution in [0.4, 0.5) is 0 Å². The summed E-state index contributed by atoms with van der Waals surface area (Å²) in [5, 5.41) is 3.51. The highest BCUT2D eigenvalue weighted by atomic mass is 79.9. The van der Waals surface area contributed by atoms with Crippen LogP contribution in [0.3, 0.4) is 0 Å². The fraction of sp³-hybridized carbons (Fsp3) is 0.571. The molecule has 0 radical (unpaired) electrons. The third-order valence-corrected chi connectivity index (χ3v) is 3.84. The molecule has 0 amide bonds. The van der Waals surface area contributed by atoms with Crippen molar-refractivity contribution in [3.05, 3.63) is 28.2 Å². The molecule has 2 rings (SSSR count). The lowest BCUT2D eigenvalue weighted by molar-refractivity contribution is 0.0716. The van der Waals surface area contributed by atoms with Crippen molar-refractivity contribution in [3.8, 4) is 5.75 Å². The minimum Gasteiger partial charge on any atom is -0.491 e. The van der Waals surface area contributed by atoms with Crippen molar-refractivity contribution in [2.75, 3.05) is 13.7 Å². The third-order valence-electron chi connectivity index (χ3n) is 3.06. The van der Waals surface area contributed by atoms with Gasteiger partial charge in [-0.3, -0.25) is 0 Å². The molecule has 18 heavy (non-hydrogen) atoms. The maximum absolute atomic E-state index is 5.70. The van der Waals surface area contributed by atoms with Gasteiger partial charge >= 0.3 is 0 Å². The van der Waals surface area contributed by atoms with E-state index in [1.165, 1.54) is 18.4 Å². The van der Waals surface area contributed by atoms with Gasteiger partial charge in [-0.25, -0.2) is 0 Å². The molecule has 1 aliphatic rings. The summed E-state index contributed by atoms with van der Waals surface area (Å²) in [5.41, 5.74) is 1.24. The topological polar surface area (TPSA) is 30.5 Å². The minimum absolute atomic E-state index is 0.113. The number of hydrogen-bond donors (Lipinski definition) is 1. The van der Waals surface area contributed by atoms with E-state index < -0.39 is 0 Å². The van der Waals surface area contributed by atoms with E-state index in [2.05, 4.69) is 27.3 Å². The van der Waals surface area contributed by atoms with Gasteiger partial charge in [0.2, 0.25) is 0 Å². The first-order valence-corrected chi connectivity index (χ1v) is 7.15. The van der Waals surface area contributed by atoms with Crippen LogP contribution in [0.15, 0.2) is 22.7 Å². The Morgan fingerprint density at radius 3 is 2.89 bits per heavy atom. The van der Waals surface area contributed by atoms with E-state index >= 15 is 0 Å². The Morgan fingerprint density at radius 1 is 1.44 bits per heavy atom. The van der Waals surface area contributed by atoms with Crippen LogP contribution >= 0.6 is 15.9 Å². The summed E-state index contributed by atoms with van der Waals surface area (Å²) in [4.78, 5) is 0. The molecule has 1 aromatic carbocycles. The Kier molecular flexibility index (Phi) is 5.03. The number of rotatable bonds is 7. The lowest BCUT2D eigenvalue weighted by atomic mass is 10.2. The summed E-state index contributed by atoms with van der Waals surface area (Å²) in [6.07, 6.45) is 2.72. The molecule has 0 heterocycles. The molecule has 1 saturated carbocycles. The Bertz CT molecular complexity index is 393. The van der Waals surface area contributed by atoms with Gasteiger partial charge in [-0.1, -0.05) is 15.9 Å². The van der Waals surface area contributed by atoms with Gasteiger partial charge in [0.15, 0.2) is 0 Å². The van der Waals surface area contributed by atoms with Crippen LogP contribution in [-0.2, 0) is 11.3 Å². The second-order valence-corrected chi connectivity index (χ2v) is 5.62. The molecule has 0 aromatic heterocycles.